The molecule has 0 radical (unpaired) electrons. The van der Waals surface area contributed by atoms with Gasteiger partial charge in [0.1, 0.15) is 24.0 Å². The first-order valence-corrected chi connectivity index (χ1v) is 9.20. The lowest BCUT2D eigenvalue weighted by Crippen LogP contribution is -2.28. The van der Waals surface area contributed by atoms with Gasteiger partial charge in [0.2, 0.25) is 5.95 Å². The molecule has 1 aliphatic rings. The van der Waals surface area contributed by atoms with Crippen molar-refractivity contribution < 1.29 is 9.90 Å². The summed E-state index contributed by atoms with van der Waals surface area (Å²) >= 11 is 0. The van der Waals surface area contributed by atoms with Gasteiger partial charge < -0.3 is 16.2 Å². The standard InChI is InChI=1S/C20H24N6O2/c1-20(2,3)12-4-5-15-13(6-12)17(14(7-21)18(22)26-15)11-8-23-19(24-9-11)25-10-16(27)28/h8-9,12H,4-6,10H2,1-3H3,(H2,22,26)(H,27,28)(H,23,24,25)/t12-/m0/s1. The number of aromatic nitrogens is 3. The average Bonchev–Trinajstić information content (AvgIpc) is 2.64. The van der Waals surface area contributed by atoms with Crippen LogP contribution in [0.4, 0.5) is 11.8 Å². The van der Waals surface area contributed by atoms with E-state index in [0.29, 0.717) is 17.0 Å². The molecule has 28 heavy (non-hydrogen) atoms. The van der Waals surface area contributed by atoms with E-state index in [9.17, 15) is 10.1 Å². The molecule has 0 bridgehead atoms. The van der Waals surface area contributed by atoms with Gasteiger partial charge in [-0.3, -0.25) is 4.79 Å². The van der Waals surface area contributed by atoms with Gasteiger partial charge in [-0.25, -0.2) is 15.0 Å². The Morgan fingerprint density at radius 3 is 2.64 bits per heavy atom. The van der Waals surface area contributed by atoms with Crippen LogP contribution >= 0.6 is 0 Å². The summed E-state index contributed by atoms with van der Waals surface area (Å²) in [5.74, 6) is -0.0940. The zero-order chi connectivity index (χ0) is 20.5. The number of hydrogen-bond acceptors (Lipinski definition) is 7. The highest BCUT2D eigenvalue weighted by Gasteiger charge is 2.32. The summed E-state index contributed by atoms with van der Waals surface area (Å²) in [6, 6.07) is 2.18. The Hall–Kier alpha value is -3.21. The SMILES string of the molecule is CC(C)(C)[C@H]1CCc2nc(N)c(C#N)c(-c3cnc(NCC(=O)O)nc3)c2C1. The summed E-state index contributed by atoms with van der Waals surface area (Å²) in [4.78, 5) is 23.6. The van der Waals surface area contributed by atoms with Crippen molar-refractivity contribution in [3.05, 3.63) is 29.2 Å². The van der Waals surface area contributed by atoms with Gasteiger partial charge in [0.25, 0.3) is 0 Å². The number of hydrogen-bond donors (Lipinski definition) is 3. The highest BCUT2D eigenvalue weighted by Crippen LogP contribution is 2.42. The van der Waals surface area contributed by atoms with Crippen molar-refractivity contribution in [2.45, 2.75) is 40.0 Å². The predicted octanol–water partition coefficient (Wildman–Crippen LogP) is 2.64. The second kappa shape index (κ2) is 7.43. The Morgan fingerprint density at radius 2 is 2.07 bits per heavy atom. The van der Waals surface area contributed by atoms with E-state index in [1.54, 1.807) is 12.4 Å². The first-order chi connectivity index (χ1) is 13.2. The molecule has 1 aliphatic carbocycles. The van der Waals surface area contributed by atoms with Crippen LogP contribution in [0.1, 0.15) is 44.0 Å². The number of nitrogens with two attached hydrogens (primary N) is 1. The van der Waals surface area contributed by atoms with Crippen molar-refractivity contribution in [1.29, 1.82) is 5.26 Å². The third-order valence-electron chi connectivity index (χ3n) is 5.27. The summed E-state index contributed by atoms with van der Waals surface area (Å²) in [7, 11) is 0. The summed E-state index contributed by atoms with van der Waals surface area (Å²) in [5.41, 5.74) is 9.93. The highest BCUT2D eigenvalue weighted by molar-refractivity contribution is 5.79. The minimum atomic E-state index is -0.997. The van der Waals surface area contributed by atoms with Gasteiger partial charge in [0.05, 0.1) is 0 Å². The van der Waals surface area contributed by atoms with E-state index in [4.69, 9.17) is 10.8 Å². The highest BCUT2D eigenvalue weighted by atomic mass is 16.4. The molecule has 0 amide bonds. The van der Waals surface area contributed by atoms with E-state index in [2.05, 4.69) is 47.1 Å². The Bertz CT molecular complexity index is 941. The normalized spacial score (nSPS) is 16.1. The number of nitrogen functional groups attached to an aromatic ring is 1. The van der Waals surface area contributed by atoms with Crippen LogP contribution in [0.5, 0.6) is 0 Å². The second-order valence-corrected chi connectivity index (χ2v) is 8.13. The van der Waals surface area contributed by atoms with Crippen LogP contribution < -0.4 is 11.1 Å². The number of pyridine rings is 1. The molecule has 2 aromatic heterocycles. The first kappa shape index (κ1) is 19.5. The first-order valence-electron chi connectivity index (χ1n) is 9.20. The fourth-order valence-corrected chi connectivity index (χ4v) is 3.65. The van der Waals surface area contributed by atoms with Gasteiger partial charge in [0, 0.05) is 29.2 Å². The molecule has 0 saturated carbocycles. The van der Waals surface area contributed by atoms with Gasteiger partial charge in [-0.15, -0.1) is 0 Å². The lowest BCUT2D eigenvalue weighted by molar-refractivity contribution is -0.134. The van der Waals surface area contributed by atoms with Crippen molar-refractivity contribution in [3.8, 4) is 17.2 Å². The largest absolute Gasteiger partial charge is 0.480 e. The second-order valence-electron chi connectivity index (χ2n) is 8.13. The van der Waals surface area contributed by atoms with Crippen molar-refractivity contribution in [2.24, 2.45) is 11.3 Å². The van der Waals surface area contributed by atoms with Gasteiger partial charge in [-0.05, 0) is 36.2 Å². The molecule has 2 aromatic rings. The van der Waals surface area contributed by atoms with Crippen LogP contribution in [0.3, 0.4) is 0 Å². The molecular weight excluding hydrogens is 356 g/mol. The summed E-state index contributed by atoms with van der Waals surface area (Å²) in [6.07, 6.45) is 5.85. The van der Waals surface area contributed by atoms with Crippen LogP contribution in [0.2, 0.25) is 0 Å². The molecule has 0 fully saturated rings. The van der Waals surface area contributed by atoms with Crippen molar-refractivity contribution in [3.63, 3.8) is 0 Å². The van der Waals surface area contributed by atoms with Crippen molar-refractivity contribution >= 4 is 17.7 Å². The van der Waals surface area contributed by atoms with Gasteiger partial charge in [-0.1, -0.05) is 20.8 Å². The van der Waals surface area contributed by atoms with Crippen LogP contribution in [-0.4, -0.2) is 32.6 Å². The average molecular weight is 380 g/mol. The summed E-state index contributed by atoms with van der Waals surface area (Å²) < 4.78 is 0. The molecule has 0 aromatic carbocycles. The van der Waals surface area contributed by atoms with Crippen LogP contribution in [0.25, 0.3) is 11.1 Å². The van der Waals surface area contributed by atoms with Crippen LogP contribution in [0, 0.1) is 22.7 Å². The molecular formula is C20H24N6O2. The van der Waals surface area contributed by atoms with Crippen LogP contribution in [0.15, 0.2) is 12.4 Å². The minimum absolute atomic E-state index is 0.143. The molecule has 0 spiro atoms. The Balaban J connectivity index is 2.06. The topological polar surface area (TPSA) is 138 Å². The van der Waals surface area contributed by atoms with Crippen molar-refractivity contribution in [1.82, 2.24) is 15.0 Å². The molecule has 4 N–H and O–H groups in total. The van der Waals surface area contributed by atoms with Crippen LogP contribution in [-0.2, 0) is 17.6 Å². The number of rotatable bonds is 4. The fraction of sp³-hybridized carbons (Fsp3) is 0.450. The molecule has 0 aliphatic heterocycles. The van der Waals surface area contributed by atoms with Gasteiger partial charge in [-0.2, -0.15) is 5.26 Å². The number of anilines is 2. The number of carboxylic acid groups (broad SMARTS) is 1. The zero-order valence-electron chi connectivity index (χ0n) is 16.3. The maximum absolute atomic E-state index is 10.7. The van der Waals surface area contributed by atoms with E-state index in [0.717, 1.165) is 36.1 Å². The van der Waals surface area contributed by atoms with E-state index >= 15 is 0 Å². The monoisotopic (exact) mass is 380 g/mol. The summed E-state index contributed by atoms with van der Waals surface area (Å²) in [6.45, 7) is 6.41. The number of carboxylic acids is 1. The lowest BCUT2D eigenvalue weighted by atomic mass is 9.70. The minimum Gasteiger partial charge on any atom is -0.480 e. The quantitative estimate of drug-likeness (QED) is 0.736. The molecule has 8 nitrogen and oxygen atoms in total. The lowest BCUT2D eigenvalue weighted by Gasteiger charge is -2.35. The number of nitrogens with zero attached hydrogens (tertiary/aromatic N) is 4. The number of carbonyl (C=O) groups is 1. The van der Waals surface area contributed by atoms with E-state index in [1.165, 1.54) is 0 Å². The summed E-state index contributed by atoms with van der Waals surface area (Å²) in [5, 5.41) is 21.1. The predicted molar refractivity (Wildman–Crippen MR) is 105 cm³/mol. The van der Waals surface area contributed by atoms with Gasteiger partial charge in [0.15, 0.2) is 0 Å². The smallest absolute Gasteiger partial charge is 0.322 e. The Kier molecular flexibility index (Phi) is 5.18. The fourth-order valence-electron chi connectivity index (χ4n) is 3.65. The molecule has 0 saturated heterocycles. The van der Waals surface area contributed by atoms with Gasteiger partial charge >= 0.3 is 5.97 Å². The third kappa shape index (κ3) is 3.88. The maximum Gasteiger partial charge on any atom is 0.322 e. The van der Waals surface area contributed by atoms with Crippen molar-refractivity contribution in [2.75, 3.05) is 17.6 Å². The number of aryl methyl sites for hydroxylation is 1. The molecule has 146 valence electrons. The molecule has 8 heteroatoms. The Labute approximate surface area is 163 Å². The number of aliphatic carboxylic acids is 1. The molecule has 1 atom stereocenters. The Morgan fingerprint density at radius 1 is 1.39 bits per heavy atom. The third-order valence-corrected chi connectivity index (χ3v) is 5.27. The maximum atomic E-state index is 10.7. The molecule has 0 unspecified atom stereocenters. The number of fused-ring (bicyclic) bond motifs is 1. The van der Waals surface area contributed by atoms with E-state index in [-0.39, 0.29) is 23.7 Å². The molecule has 3 rings (SSSR count). The van der Waals surface area contributed by atoms with E-state index < -0.39 is 5.97 Å². The molecule has 2 heterocycles. The number of nitrogens with one attached hydrogen (secondary N) is 1. The zero-order valence-corrected chi connectivity index (χ0v) is 16.3. The number of nitriles is 1. The van der Waals surface area contributed by atoms with E-state index in [1.807, 2.05) is 0 Å².